The molecule has 2 nitrogen and oxygen atoms in total. The fourth-order valence-electron chi connectivity index (χ4n) is 1.21. The minimum Gasteiger partial charge on any atom is -0.213 e. The van der Waals surface area contributed by atoms with Crippen molar-refractivity contribution in [1.29, 1.82) is 0 Å². The molecule has 0 spiro atoms. The lowest BCUT2D eigenvalue weighted by atomic mass is 10.2. The number of aromatic nitrogens is 2. The van der Waals surface area contributed by atoms with Crippen molar-refractivity contribution in [1.82, 2.24) is 9.97 Å². The molecule has 0 unspecified atom stereocenters. The van der Waals surface area contributed by atoms with Gasteiger partial charge in [0.05, 0.1) is 0 Å². The summed E-state index contributed by atoms with van der Waals surface area (Å²) in [6.07, 6.45) is 0. The van der Waals surface area contributed by atoms with Crippen LogP contribution in [0.4, 0.5) is 13.2 Å². The van der Waals surface area contributed by atoms with Crippen molar-refractivity contribution in [3.63, 3.8) is 0 Å². The Bertz CT molecular complexity index is 547. The standard InChI is InChI=1S/C10H3Cl2F3N2/c11-8-7(15)9(12)17-10(16-8)4-1-5(13)3-6(14)2-4/h1-3H. The fraction of sp³-hybridized carbons (Fsp3) is 0. The predicted octanol–water partition coefficient (Wildman–Crippen LogP) is 3.87. The first-order valence-electron chi connectivity index (χ1n) is 4.32. The molecule has 0 saturated carbocycles. The number of benzene rings is 1. The van der Waals surface area contributed by atoms with Crippen molar-refractivity contribution in [2.45, 2.75) is 0 Å². The zero-order chi connectivity index (χ0) is 12.6. The maximum atomic E-state index is 13.0. The molecule has 2 rings (SSSR count). The summed E-state index contributed by atoms with van der Waals surface area (Å²) >= 11 is 10.9. The molecular weight excluding hydrogens is 276 g/mol. The van der Waals surface area contributed by atoms with E-state index in [0.717, 1.165) is 12.1 Å². The van der Waals surface area contributed by atoms with Crippen LogP contribution in [0.3, 0.4) is 0 Å². The Morgan fingerprint density at radius 3 is 1.76 bits per heavy atom. The average molecular weight is 279 g/mol. The van der Waals surface area contributed by atoms with Crippen LogP contribution in [0.15, 0.2) is 18.2 Å². The van der Waals surface area contributed by atoms with Crippen molar-refractivity contribution in [3.05, 3.63) is 46.0 Å². The van der Waals surface area contributed by atoms with Gasteiger partial charge in [-0.2, -0.15) is 0 Å². The second-order valence-electron chi connectivity index (χ2n) is 3.10. The molecule has 0 atom stereocenters. The van der Waals surface area contributed by atoms with Gasteiger partial charge < -0.3 is 0 Å². The second-order valence-corrected chi connectivity index (χ2v) is 3.82. The predicted molar refractivity (Wildman–Crippen MR) is 57.4 cm³/mol. The van der Waals surface area contributed by atoms with E-state index in [1.165, 1.54) is 0 Å². The van der Waals surface area contributed by atoms with Crippen molar-refractivity contribution < 1.29 is 13.2 Å². The third-order valence-corrected chi connectivity index (χ3v) is 2.39. The summed E-state index contributed by atoms with van der Waals surface area (Å²) < 4.78 is 39.0. The molecule has 88 valence electrons. The summed E-state index contributed by atoms with van der Waals surface area (Å²) in [7, 11) is 0. The lowest BCUT2D eigenvalue weighted by Crippen LogP contribution is -1.95. The van der Waals surface area contributed by atoms with Crippen LogP contribution in [0.25, 0.3) is 11.4 Å². The van der Waals surface area contributed by atoms with E-state index in [2.05, 4.69) is 9.97 Å². The molecule has 1 heterocycles. The third kappa shape index (κ3) is 2.50. The van der Waals surface area contributed by atoms with Gasteiger partial charge in [0.2, 0.25) is 0 Å². The Kier molecular flexibility index (Phi) is 3.22. The van der Waals surface area contributed by atoms with Gasteiger partial charge in [-0.15, -0.1) is 0 Å². The maximum Gasteiger partial charge on any atom is 0.197 e. The molecule has 2 aromatic rings. The minimum atomic E-state index is -0.978. The van der Waals surface area contributed by atoms with E-state index in [4.69, 9.17) is 23.2 Å². The number of halogens is 5. The first-order chi connectivity index (χ1) is 7.97. The maximum absolute atomic E-state index is 13.0. The van der Waals surface area contributed by atoms with E-state index < -0.39 is 27.8 Å². The summed E-state index contributed by atoms with van der Waals surface area (Å²) in [5, 5.41) is -1.02. The Morgan fingerprint density at radius 1 is 0.824 bits per heavy atom. The smallest absolute Gasteiger partial charge is 0.197 e. The van der Waals surface area contributed by atoms with E-state index in [1.807, 2.05) is 0 Å². The monoisotopic (exact) mass is 278 g/mol. The molecule has 0 radical (unpaired) electrons. The highest BCUT2D eigenvalue weighted by Gasteiger charge is 2.13. The van der Waals surface area contributed by atoms with Crippen LogP contribution in [0, 0.1) is 17.5 Å². The van der Waals surface area contributed by atoms with Crippen LogP contribution in [-0.4, -0.2) is 9.97 Å². The highest BCUT2D eigenvalue weighted by Crippen LogP contribution is 2.25. The normalized spacial score (nSPS) is 10.6. The van der Waals surface area contributed by atoms with Gasteiger partial charge in [-0.3, -0.25) is 0 Å². The first-order valence-corrected chi connectivity index (χ1v) is 5.08. The largest absolute Gasteiger partial charge is 0.213 e. The number of rotatable bonds is 1. The number of hydrogen-bond donors (Lipinski definition) is 0. The molecule has 0 fully saturated rings. The van der Waals surface area contributed by atoms with Gasteiger partial charge in [-0.25, -0.2) is 23.1 Å². The molecule has 7 heteroatoms. The van der Waals surface area contributed by atoms with Gasteiger partial charge in [0.25, 0.3) is 0 Å². The highest BCUT2D eigenvalue weighted by atomic mass is 35.5. The van der Waals surface area contributed by atoms with Gasteiger partial charge in [0.1, 0.15) is 11.6 Å². The summed E-state index contributed by atoms with van der Waals surface area (Å²) in [6.45, 7) is 0. The number of hydrogen-bond acceptors (Lipinski definition) is 2. The summed E-state index contributed by atoms with van der Waals surface area (Å²) in [6, 6.07) is 2.67. The van der Waals surface area contributed by atoms with Gasteiger partial charge in [-0.05, 0) is 12.1 Å². The molecule has 1 aromatic heterocycles. The van der Waals surface area contributed by atoms with Crippen LogP contribution in [-0.2, 0) is 0 Å². The first kappa shape index (κ1) is 12.1. The van der Waals surface area contributed by atoms with E-state index in [1.54, 1.807) is 0 Å². The molecular formula is C10H3Cl2F3N2. The van der Waals surface area contributed by atoms with Crippen molar-refractivity contribution >= 4 is 23.2 Å². The molecule has 0 bridgehead atoms. The van der Waals surface area contributed by atoms with Crippen molar-refractivity contribution in [3.8, 4) is 11.4 Å². The SMILES string of the molecule is Fc1cc(F)cc(-c2nc(Cl)c(F)c(Cl)n2)c1. The zero-order valence-electron chi connectivity index (χ0n) is 8.02. The van der Waals surface area contributed by atoms with Gasteiger partial charge in [-0.1, -0.05) is 23.2 Å². The van der Waals surface area contributed by atoms with Gasteiger partial charge in [0, 0.05) is 11.6 Å². The molecule has 1 aromatic carbocycles. The lowest BCUT2D eigenvalue weighted by Gasteiger charge is -2.03. The molecule has 0 N–H and O–H groups in total. The van der Waals surface area contributed by atoms with Crippen LogP contribution < -0.4 is 0 Å². The van der Waals surface area contributed by atoms with Crippen LogP contribution >= 0.6 is 23.2 Å². The van der Waals surface area contributed by atoms with Crippen molar-refractivity contribution in [2.24, 2.45) is 0 Å². The van der Waals surface area contributed by atoms with Crippen LogP contribution in [0.5, 0.6) is 0 Å². The highest BCUT2D eigenvalue weighted by molar-refractivity contribution is 6.33. The quantitative estimate of drug-likeness (QED) is 0.740. The molecule has 0 amide bonds. The Balaban J connectivity index is 2.60. The molecule has 0 aliphatic rings. The van der Waals surface area contributed by atoms with Crippen LogP contribution in [0.1, 0.15) is 0 Å². The van der Waals surface area contributed by atoms with Gasteiger partial charge in [0.15, 0.2) is 21.9 Å². The molecule has 0 aliphatic carbocycles. The molecule has 17 heavy (non-hydrogen) atoms. The summed E-state index contributed by atoms with van der Waals surface area (Å²) in [4.78, 5) is 7.10. The zero-order valence-corrected chi connectivity index (χ0v) is 9.53. The Labute approximate surface area is 104 Å². The topological polar surface area (TPSA) is 25.8 Å². The summed E-state index contributed by atoms with van der Waals surface area (Å²) in [5.74, 6) is -2.74. The fourth-order valence-corrected chi connectivity index (χ4v) is 1.59. The molecule has 0 aliphatic heterocycles. The van der Waals surface area contributed by atoms with E-state index in [-0.39, 0.29) is 11.4 Å². The number of nitrogens with zero attached hydrogens (tertiary/aromatic N) is 2. The van der Waals surface area contributed by atoms with Crippen molar-refractivity contribution in [2.75, 3.05) is 0 Å². The second kappa shape index (κ2) is 4.50. The van der Waals surface area contributed by atoms with E-state index in [9.17, 15) is 13.2 Å². The average Bonchev–Trinajstić information content (AvgIpc) is 2.23. The Hall–Kier alpha value is -1.33. The minimum absolute atomic E-state index is 0.0197. The van der Waals surface area contributed by atoms with Gasteiger partial charge >= 0.3 is 0 Å². The molecule has 0 saturated heterocycles. The Morgan fingerprint density at radius 2 is 1.29 bits per heavy atom. The van der Waals surface area contributed by atoms with E-state index >= 15 is 0 Å². The van der Waals surface area contributed by atoms with E-state index in [0.29, 0.717) is 6.07 Å². The summed E-state index contributed by atoms with van der Waals surface area (Å²) in [5.41, 5.74) is 0.0197. The lowest BCUT2D eigenvalue weighted by molar-refractivity contribution is 0.583. The third-order valence-electron chi connectivity index (χ3n) is 1.89. The van der Waals surface area contributed by atoms with Crippen LogP contribution in [0.2, 0.25) is 10.3 Å².